The fraction of sp³-hybridized carbons (Fsp3) is 0.800. The standard InChI is InChI=1S/C15H25N5O2/c1-12-17-18-14(22-12)11-19-7-9-20(10-8-19)15(21)16-13-5-3-2-4-6-13/h13H,2-11H2,1H3,(H,16,21). The number of piperazine rings is 1. The van der Waals surface area contributed by atoms with Gasteiger partial charge in [-0.2, -0.15) is 0 Å². The molecule has 0 unspecified atom stereocenters. The van der Waals surface area contributed by atoms with Crippen LogP contribution >= 0.6 is 0 Å². The zero-order chi connectivity index (χ0) is 15.4. The lowest BCUT2D eigenvalue weighted by molar-refractivity contribution is 0.125. The Hall–Kier alpha value is -1.63. The second-order valence-corrected chi connectivity index (χ2v) is 6.26. The molecule has 2 amide bonds. The number of urea groups is 1. The van der Waals surface area contributed by atoms with E-state index in [4.69, 9.17) is 4.42 Å². The van der Waals surface area contributed by atoms with Gasteiger partial charge in [0.1, 0.15) is 0 Å². The van der Waals surface area contributed by atoms with E-state index in [0.717, 1.165) is 39.0 Å². The van der Waals surface area contributed by atoms with Crippen molar-refractivity contribution >= 4 is 6.03 Å². The molecule has 3 rings (SSSR count). The van der Waals surface area contributed by atoms with Gasteiger partial charge >= 0.3 is 6.03 Å². The average Bonchev–Trinajstić information content (AvgIpc) is 2.94. The molecule has 2 heterocycles. The first kappa shape index (κ1) is 15.3. The Morgan fingerprint density at radius 2 is 1.91 bits per heavy atom. The summed E-state index contributed by atoms with van der Waals surface area (Å²) in [5.74, 6) is 1.25. The summed E-state index contributed by atoms with van der Waals surface area (Å²) >= 11 is 0. The maximum absolute atomic E-state index is 12.3. The van der Waals surface area contributed by atoms with Crippen molar-refractivity contribution in [3.8, 4) is 0 Å². The fourth-order valence-electron chi connectivity index (χ4n) is 3.21. The first-order valence-electron chi connectivity index (χ1n) is 8.27. The molecular weight excluding hydrogens is 282 g/mol. The summed E-state index contributed by atoms with van der Waals surface area (Å²) in [7, 11) is 0. The van der Waals surface area contributed by atoms with E-state index in [2.05, 4.69) is 20.4 Å². The number of aromatic nitrogens is 2. The van der Waals surface area contributed by atoms with Crippen molar-refractivity contribution < 1.29 is 9.21 Å². The van der Waals surface area contributed by atoms with Crippen LogP contribution in [0.2, 0.25) is 0 Å². The lowest BCUT2D eigenvalue weighted by Crippen LogP contribution is -2.53. The molecule has 7 heteroatoms. The first-order valence-corrected chi connectivity index (χ1v) is 8.27. The molecule has 122 valence electrons. The van der Waals surface area contributed by atoms with E-state index in [1.165, 1.54) is 19.3 Å². The quantitative estimate of drug-likeness (QED) is 0.917. The number of hydrogen-bond donors (Lipinski definition) is 1. The lowest BCUT2D eigenvalue weighted by Gasteiger charge is -2.35. The van der Waals surface area contributed by atoms with Gasteiger partial charge in [0.2, 0.25) is 11.8 Å². The minimum atomic E-state index is 0.0974. The predicted octanol–water partition coefficient (Wildman–Crippen LogP) is 1.54. The summed E-state index contributed by atoms with van der Waals surface area (Å²) in [5, 5.41) is 11.0. The zero-order valence-electron chi connectivity index (χ0n) is 13.3. The van der Waals surface area contributed by atoms with Crippen LogP contribution in [0.1, 0.15) is 43.9 Å². The van der Waals surface area contributed by atoms with Gasteiger partial charge < -0.3 is 14.6 Å². The van der Waals surface area contributed by atoms with E-state index >= 15 is 0 Å². The highest BCUT2D eigenvalue weighted by Gasteiger charge is 2.24. The Morgan fingerprint density at radius 1 is 1.18 bits per heavy atom. The molecule has 22 heavy (non-hydrogen) atoms. The molecule has 0 spiro atoms. The van der Waals surface area contributed by atoms with Gasteiger partial charge in [-0.25, -0.2) is 4.79 Å². The molecule has 0 atom stereocenters. The van der Waals surface area contributed by atoms with Gasteiger partial charge in [-0.3, -0.25) is 4.90 Å². The highest BCUT2D eigenvalue weighted by atomic mass is 16.4. The fourth-order valence-corrected chi connectivity index (χ4v) is 3.21. The molecule has 1 aliphatic carbocycles. The topological polar surface area (TPSA) is 74.5 Å². The van der Waals surface area contributed by atoms with Gasteiger partial charge in [0.25, 0.3) is 0 Å². The lowest BCUT2D eigenvalue weighted by atomic mass is 9.96. The van der Waals surface area contributed by atoms with Gasteiger partial charge in [0.15, 0.2) is 0 Å². The summed E-state index contributed by atoms with van der Waals surface area (Å²) in [6.45, 7) is 5.67. The van der Waals surface area contributed by atoms with Crippen LogP contribution in [0, 0.1) is 6.92 Å². The molecule has 0 aromatic carbocycles. The normalized spacial score (nSPS) is 21.0. The predicted molar refractivity (Wildman–Crippen MR) is 81.3 cm³/mol. The molecule has 1 saturated carbocycles. The number of rotatable bonds is 3. The third-order valence-electron chi connectivity index (χ3n) is 4.52. The SMILES string of the molecule is Cc1nnc(CN2CCN(C(=O)NC3CCCCC3)CC2)o1. The second kappa shape index (κ2) is 7.09. The minimum absolute atomic E-state index is 0.0974. The molecular formula is C15H25N5O2. The molecule has 7 nitrogen and oxygen atoms in total. The number of carbonyl (C=O) groups is 1. The van der Waals surface area contributed by atoms with Crippen LogP contribution in [-0.4, -0.2) is 58.2 Å². The Morgan fingerprint density at radius 3 is 2.55 bits per heavy atom. The van der Waals surface area contributed by atoms with Gasteiger partial charge in [-0.1, -0.05) is 19.3 Å². The molecule has 1 aliphatic heterocycles. The van der Waals surface area contributed by atoms with Crippen molar-refractivity contribution in [2.45, 2.75) is 51.6 Å². The molecule has 0 radical (unpaired) electrons. The smallest absolute Gasteiger partial charge is 0.317 e. The Bertz CT molecular complexity index is 490. The molecule has 1 aromatic heterocycles. The van der Waals surface area contributed by atoms with Crippen molar-refractivity contribution in [3.05, 3.63) is 11.8 Å². The average molecular weight is 307 g/mol. The first-order chi connectivity index (χ1) is 10.7. The van der Waals surface area contributed by atoms with E-state index in [0.29, 0.717) is 24.4 Å². The van der Waals surface area contributed by atoms with Crippen LogP contribution < -0.4 is 5.32 Å². The molecule has 1 saturated heterocycles. The largest absolute Gasteiger partial charge is 0.424 e. The molecule has 2 aliphatic rings. The maximum atomic E-state index is 12.3. The summed E-state index contributed by atoms with van der Waals surface area (Å²) < 4.78 is 5.40. The van der Waals surface area contributed by atoms with Crippen molar-refractivity contribution in [1.82, 2.24) is 25.3 Å². The van der Waals surface area contributed by atoms with Crippen LogP contribution in [0.4, 0.5) is 4.79 Å². The summed E-state index contributed by atoms with van der Waals surface area (Å²) in [4.78, 5) is 16.5. The second-order valence-electron chi connectivity index (χ2n) is 6.26. The van der Waals surface area contributed by atoms with Crippen LogP contribution in [-0.2, 0) is 6.54 Å². The van der Waals surface area contributed by atoms with Crippen LogP contribution in [0.15, 0.2) is 4.42 Å². The Kier molecular flexibility index (Phi) is 4.92. The van der Waals surface area contributed by atoms with E-state index < -0.39 is 0 Å². The molecule has 1 aromatic rings. The molecule has 2 fully saturated rings. The van der Waals surface area contributed by atoms with E-state index in [1.807, 2.05) is 4.90 Å². The maximum Gasteiger partial charge on any atom is 0.317 e. The zero-order valence-corrected chi connectivity index (χ0v) is 13.3. The van der Waals surface area contributed by atoms with Gasteiger partial charge in [0, 0.05) is 39.1 Å². The van der Waals surface area contributed by atoms with Crippen molar-refractivity contribution in [3.63, 3.8) is 0 Å². The van der Waals surface area contributed by atoms with E-state index in [9.17, 15) is 4.79 Å². The number of aryl methyl sites for hydroxylation is 1. The number of carbonyl (C=O) groups excluding carboxylic acids is 1. The number of nitrogens with one attached hydrogen (secondary N) is 1. The van der Waals surface area contributed by atoms with Gasteiger partial charge in [-0.15, -0.1) is 10.2 Å². The van der Waals surface area contributed by atoms with Gasteiger partial charge in [0.05, 0.1) is 6.54 Å². The van der Waals surface area contributed by atoms with Crippen molar-refractivity contribution in [1.29, 1.82) is 0 Å². The highest BCUT2D eigenvalue weighted by molar-refractivity contribution is 5.74. The van der Waals surface area contributed by atoms with Crippen molar-refractivity contribution in [2.24, 2.45) is 0 Å². The third kappa shape index (κ3) is 3.97. The van der Waals surface area contributed by atoms with Crippen LogP contribution in [0.5, 0.6) is 0 Å². The monoisotopic (exact) mass is 307 g/mol. The molecule has 1 N–H and O–H groups in total. The number of nitrogens with zero attached hydrogens (tertiary/aromatic N) is 4. The van der Waals surface area contributed by atoms with E-state index in [-0.39, 0.29) is 6.03 Å². The highest BCUT2D eigenvalue weighted by Crippen LogP contribution is 2.18. The third-order valence-corrected chi connectivity index (χ3v) is 4.52. The Labute approximate surface area is 131 Å². The van der Waals surface area contributed by atoms with Crippen molar-refractivity contribution in [2.75, 3.05) is 26.2 Å². The summed E-state index contributed by atoms with van der Waals surface area (Å²) in [6.07, 6.45) is 6.04. The van der Waals surface area contributed by atoms with Crippen LogP contribution in [0.3, 0.4) is 0 Å². The number of amides is 2. The van der Waals surface area contributed by atoms with Gasteiger partial charge in [-0.05, 0) is 12.8 Å². The van der Waals surface area contributed by atoms with Crippen LogP contribution in [0.25, 0.3) is 0 Å². The minimum Gasteiger partial charge on any atom is -0.424 e. The summed E-state index contributed by atoms with van der Waals surface area (Å²) in [6, 6.07) is 0.473. The Balaban J connectivity index is 1.41. The van der Waals surface area contributed by atoms with E-state index in [1.54, 1.807) is 6.92 Å². The summed E-state index contributed by atoms with van der Waals surface area (Å²) in [5.41, 5.74) is 0. The number of hydrogen-bond acceptors (Lipinski definition) is 5. The molecule has 0 bridgehead atoms.